The zero-order valence-electron chi connectivity index (χ0n) is 18.2. The fourth-order valence-corrected chi connectivity index (χ4v) is 3.52. The van der Waals surface area contributed by atoms with E-state index >= 15 is 0 Å². The van der Waals surface area contributed by atoms with Crippen LogP contribution in [0.2, 0.25) is 0 Å². The molecular weight excluding hydrogens is 352 g/mol. The first-order valence-electron chi connectivity index (χ1n) is 10.2. The van der Waals surface area contributed by atoms with E-state index in [1.165, 1.54) is 0 Å². The van der Waals surface area contributed by atoms with Crippen LogP contribution in [-0.4, -0.2) is 37.4 Å². The molecule has 158 valence electrons. The van der Waals surface area contributed by atoms with Gasteiger partial charge in [-0.1, -0.05) is 20.8 Å². The van der Waals surface area contributed by atoms with Gasteiger partial charge in [-0.2, -0.15) is 5.26 Å². The lowest BCUT2D eigenvalue weighted by Crippen LogP contribution is -2.58. The first-order chi connectivity index (χ1) is 13.2. The van der Waals surface area contributed by atoms with Gasteiger partial charge in [0.1, 0.15) is 0 Å². The third kappa shape index (κ3) is 6.61. The number of carbonyl (C=O) groups excluding carboxylic acids is 1. The molecule has 1 aliphatic heterocycles. The normalized spacial score (nSPS) is 30.4. The van der Waals surface area contributed by atoms with E-state index in [2.05, 4.69) is 47.8 Å². The Hall–Kier alpha value is -1.91. The highest BCUT2D eigenvalue weighted by Gasteiger charge is 2.37. The number of nitrogens with one attached hydrogen (secondary N) is 3. The van der Waals surface area contributed by atoms with E-state index in [1.54, 1.807) is 19.4 Å². The highest BCUT2D eigenvalue weighted by molar-refractivity contribution is 5.81. The topological polar surface area (TPSA) is 115 Å². The largest absolute Gasteiger partial charge is 0.393 e. The molecule has 0 aromatic rings. The third-order valence-electron chi connectivity index (χ3n) is 6.08. The number of amides is 1. The van der Waals surface area contributed by atoms with Crippen molar-refractivity contribution in [3.63, 3.8) is 0 Å². The van der Waals surface area contributed by atoms with Gasteiger partial charge in [-0.3, -0.25) is 15.1 Å². The summed E-state index contributed by atoms with van der Waals surface area (Å²) in [6.07, 6.45) is 7.30. The van der Waals surface area contributed by atoms with Gasteiger partial charge in [-0.15, -0.1) is 0 Å². The second-order valence-corrected chi connectivity index (χ2v) is 8.44. The van der Waals surface area contributed by atoms with Crippen molar-refractivity contribution in [2.75, 3.05) is 7.05 Å². The molecule has 1 rings (SSSR count). The first kappa shape index (κ1) is 24.1. The van der Waals surface area contributed by atoms with E-state index in [-0.39, 0.29) is 35.2 Å². The van der Waals surface area contributed by atoms with Crippen LogP contribution in [0.5, 0.6) is 0 Å². The van der Waals surface area contributed by atoms with Gasteiger partial charge in [-0.25, -0.2) is 0 Å². The van der Waals surface area contributed by atoms with Crippen LogP contribution in [0.15, 0.2) is 17.4 Å². The standard InChI is InChI=1S/C21H38N6O/c1-7-21(4,5)17-9-8-16(14(2)12-22)13-26-15(3)18(19(23)27-17)20(28)25-11-10-24-6/h10-11,13-19,24,27H,7-9,23H2,1-6H3,(H,25,28)/b11-10+,26-13?. The molecule has 0 aliphatic carbocycles. The molecule has 0 aromatic carbocycles. The molecule has 7 heteroatoms. The van der Waals surface area contributed by atoms with E-state index in [4.69, 9.17) is 5.73 Å². The number of aliphatic imine (C=N–C) groups is 1. The number of hydrogen-bond acceptors (Lipinski definition) is 6. The van der Waals surface area contributed by atoms with Crippen molar-refractivity contribution in [1.29, 1.82) is 5.26 Å². The quantitative estimate of drug-likeness (QED) is 0.554. The molecule has 5 N–H and O–H groups in total. The number of carbonyl (C=O) groups is 1. The van der Waals surface area contributed by atoms with Gasteiger partial charge in [0, 0.05) is 37.6 Å². The van der Waals surface area contributed by atoms with Crippen LogP contribution in [-0.2, 0) is 4.79 Å². The summed E-state index contributed by atoms with van der Waals surface area (Å²) in [5.74, 6) is -0.759. The predicted molar refractivity (Wildman–Crippen MR) is 114 cm³/mol. The fourth-order valence-electron chi connectivity index (χ4n) is 3.52. The van der Waals surface area contributed by atoms with Crippen molar-refractivity contribution in [1.82, 2.24) is 16.0 Å². The van der Waals surface area contributed by atoms with Gasteiger partial charge < -0.3 is 16.4 Å². The minimum absolute atomic E-state index is 0.0185. The van der Waals surface area contributed by atoms with Crippen LogP contribution < -0.4 is 21.7 Å². The molecule has 0 aromatic heterocycles. The third-order valence-corrected chi connectivity index (χ3v) is 6.08. The molecule has 0 radical (unpaired) electrons. The number of hydrogen-bond donors (Lipinski definition) is 4. The van der Waals surface area contributed by atoms with Crippen molar-refractivity contribution < 1.29 is 4.79 Å². The maximum atomic E-state index is 12.8. The van der Waals surface area contributed by atoms with E-state index < -0.39 is 12.1 Å². The molecule has 0 bridgehead atoms. The zero-order chi connectivity index (χ0) is 21.3. The van der Waals surface area contributed by atoms with Crippen LogP contribution in [0.25, 0.3) is 0 Å². The summed E-state index contributed by atoms with van der Waals surface area (Å²) in [6, 6.07) is 2.18. The predicted octanol–water partition coefficient (Wildman–Crippen LogP) is 2.12. The average molecular weight is 391 g/mol. The molecule has 0 saturated carbocycles. The van der Waals surface area contributed by atoms with Gasteiger partial charge >= 0.3 is 0 Å². The molecule has 28 heavy (non-hydrogen) atoms. The number of nitrogens with two attached hydrogens (primary N) is 1. The molecule has 1 aliphatic rings. The second-order valence-electron chi connectivity index (χ2n) is 8.44. The number of nitrogens with zero attached hydrogens (tertiary/aromatic N) is 2. The Labute approximate surface area is 170 Å². The Bertz CT molecular complexity index is 594. The summed E-state index contributed by atoms with van der Waals surface area (Å²) in [6.45, 7) is 10.4. The maximum absolute atomic E-state index is 12.8. The van der Waals surface area contributed by atoms with Crippen molar-refractivity contribution in [3.8, 4) is 6.07 Å². The van der Waals surface area contributed by atoms with E-state index in [0.29, 0.717) is 0 Å². The van der Waals surface area contributed by atoms with Crippen molar-refractivity contribution in [2.45, 2.75) is 72.1 Å². The van der Waals surface area contributed by atoms with Gasteiger partial charge in [-0.05, 0) is 38.5 Å². The Kier molecular flexibility index (Phi) is 9.63. The minimum atomic E-state index is -0.524. The van der Waals surface area contributed by atoms with Gasteiger partial charge in [0.25, 0.3) is 0 Å². The SMILES string of the molecule is CCC(C)(C)C1CCC(C(C)C#N)C=NC(C)C(C(=O)N/C=C/NC)C(N)N1. The lowest BCUT2D eigenvalue weighted by molar-refractivity contribution is -0.125. The highest BCUT2D eigenvalue weighted by atomic mass is 16.1. The Morgan fingerprint density at radius 2 is 2.14 bits per heavy atom. The Balaban J connectivity index is 3.22. The van der Waals surface area contributed by atoms with Crippen LogP contribution >= 0.6 is 0 Å². The number of nitriles is 1. The van der Waals surface area contributed by atoms with Crippen molar-refractivity contribution in [3.05, 3.63) is 12.4 Å². The molecule has 0 saturated heterocycles. The van der Waals surface area contributed by atoms with E-state index in [9.17, 15) is 10.1 Å². The van der Waals surface area contributed by atoms with Gasteiger partial charge in [0.05, 0.1) is 30.1 Å². The smallest absolute Gasteiger partial charge is 0.232 e. The molecule has 6 unspecified atom stereocenters. The maximum Gasteiger partial charge on any atom is 0.232 e. The Morgan fingerprint density at radius 1 is 1.46 bits per heavy atom. The summed E-state index contributed by atoms with van der Waals surface area (Å²) in [4.78, 5) is 17.4. The van der Waals surface area contributed by atoms with Gasteiger partial charge in [0.2, 0.25) is 5.91 Å². The van der Waals surface area contributed by atoms with E-state index in [0.717, 1.165) is 19.3 Å². The molecule has 7 nitrogen and oxygen atoms in total. The average Bonchev–Trinajstić information content (AvgIpc) is 2.66. The van der Waals surface area contributed by atoms with Crippen molar-refractivity contribution in [2.24, 2.45) is 33.9 Å². The Morgan fingerprint density at radius 3 is 2.71 bits per heavy atom. The van der Waals surface area contributed by atoms with Crippen molar-refractivity contribution >= 4 is 12.1 Å². The summed E-state index contributed by atoms with van der Waals surface area (Å²) in [7, 11) is 1.76. The second kappa shape index (κ2) is 11.2. The zero-order valence-corrected chi connectivity index (χ0v) is 18.2. The van der Waals surface area contributed by atoms with Crippen LogP contribution in [0.4, 0.5) is 0 Å². The molecule has 0 fully saturated rings. The summed E-state index contributed by atoms with van der Waals surface area (Å²) in [5.41, 5.74) is 6.51. The van der Waals surface area contributed by atoms with Crippen LogP contribution in [0.1, 0.15) is 53.9 Å². The number of rotatable bonds is 6. The molecular formula is C21H38N6O. The summed E-state index contributed by atoms with van der Waals surface area (Å²) >= 11 is 0. The van der Waals surface area contributed by atoms with Gasteiger partial charge in [0.15, 0.2) is 0 Å². The highest BCUT2D eigenvalue weighted by Crippen LogP contribution is 2.31. The molecule has 0 spiro atoms. The molecule has 6 atom stereocenters. The fraction of sp³-hybridized carbons (Fsp3) is 0.762. The van der Waals surface area contributed by atoms with E-state index in [1.807, 2.05) is 20.1 Å². The van der Waals surface area contributed by atoms with Crippen LogP contribution in [0, 0.1) is 34.5 Å². The summed E-state index contributed by atoms with van der Waals surface area (Å²) in [5, 5.41) is 18.5. The molecule has 1 amide bonds. The lowest BCUT2D eigenvalue weighted by Gasteiger charge is -2.40. The first-order valence-corrected chi connectivity index (χ1v) is 10.2. The lowest BCUT2D eigenvalue weighted by atomic mass is 9.77. The monoisotopic (exact) mass is 390 g/mol. The van der Waals surface area contributed by atoms with Crippen LogP contribution in [0.3, 0.4) is 0 Å². The minimum Gasteiger partial charge on any atom is -0.393 e. The summed E-state index contributed by atoms with van der Waals surface area (Å²) < 4.78 is 0. The molecule has 1 heterocycles.